The van der Waals surface area contributed by atoms with Crippen LogP contribution in [0.5, 0.6) is 5.75 Å². The summed E-state index contributed by atoms with van der Waals surface area (Å²) in [7, 11) is 0. The van der Waals surface area contributed by atoms with Crippen LogP contribution in [-0.4, -0.2) is 30.1 Å². The van der Waals surface area contributed by atoms with E-state index < -0.39 is 17.6 Å². The van der Waals surface area contributed by atoms with Gasteiger partial charge in [-0.3, -0.25) is 14.4 Å². The van der Waals surface area contributed by atoms with Crippen LogP contribution in [0, 0.1) is 5.82 Å². The Balaban J connectivity index is 1.44. The summed E-state index contributed by atoms with van der Waals surface area (Å²) >= 11 is 4.45. The third-order valence-electron chi connectivity index (χ3n) is 5.73. The average Bonchev–Trinajstić information content (AvgIpc) is 2.99. The molecule has 4 aromatic rings. The third-order valence-corrected chi connectivity index (χ3v) is 7.24. The number of nitrogens with one attached hydrogen (secondary N) is 3. The number of anilines is 2. The summed E-state index contributed by atoms with van der Waals surface area (Å²) in [5, 5.41) is 8.08. The molecule has 0 fully saturated rings. The van der Waals surface area contributed by atoms with Crippen LogP contribution in [0.2, 0.25) is 0 Å². The van der Waals surface area contributed by atoms with Gasteiger partial charge in [0.25, 0.3) is 11.8 Å². The molecule has 214 valence electrons. The lowest BCUT2D eigenvalue weighted by molar-refractivity contribution is -0.114. The van der Waals surface area contributed by atoms with Gasteiger partial charge in [0.15, 0.2) is 0 Å². The largest absolute Gasteiger partial charge is 0.493 e. The topological polar surface area (TPSA) is 96.5 Å². The van der Waals surface area contributed by atoms with Crippen molar-refractivity contribution in [3.8, 4) is 5.75 Å². The second-order valence-electron chi connectivity index (χ2n) is 8.79. The fourth-order valence-corrected chi connectivity index (χ4v) is 4.78. The Morgan fingerprint density at radius 2 is 1.62 bits per heavy atom. The summed E-state index contributed by atoms with van der Waals surface area (Å²) < 4.78 is 20.3. The minimum atomic E-state index is -0.530. The van der Waals surface area contributed by atoms with E-state index in [4.69, 9.17) is 4.74 Å². The van der Waals surface area contributed by atoms with Crippen molar-refractivity contribution in [1.82, 2.24) is 5.32 Å². The zero-order chi connectivity index (χ0) is 29.9. The molecule has 0 bridgehead atoms. The second kappa shape index (κ2) is 15.0. The standard InChI is InChI=1S/C32H27BrFN3O4S/c1-2-41-29-11-7-6-10-22(29)18-28(37-31(39)21-8-4-3-5-9-21)32(40)35-24-13-15-25(16-14-24)42-20-30(38)36-27-17-12-23(33)19-26(27)34/h3-19H,2,20H2,1H3,(H,35,40)(H,36,38)(H,37,39)/b28-18-. The van der Waals surface area contributed by atoms with Gasteiger partial charge in [0, 0.05) is 26.2 Å². The molecule has 0 atom stereocenters. The summed E-state index contributed by atoms with van der Waals surface area (Å²) in [6.07, 6.45) is 1.57. The molecule has 0 aliphatic heterocycles. The minimum absolute atomic E-state index is 0.0336. The van der Waals surface area contributed by atoms with Gasteiger partial charge in [-0.15, -0.1) is 11.8 Å². The zero-order valence-corrected chi connectivity index (χ0v) is 24.9. The molecule has 0 saturated heterocycles. The second-order valence-corrected chi connectivity index (χ2v) is 10.8. The predicted octanol–water partition coefficient (Wildman–Crippen LogP) is 7.13. The van der Waals surface area contributed by atoms with Crippen LogP contribution < -0.4 is 20.7 Å². The lowest BCUT2D eigenvalue weighted by Crippen LogP contribution is -2.30. The van der Waals surface area contributed by atoms with Crippen molar-refractivity contribution >= 4 is 62.9 Å². The lowest BCUT2D eigenvalue weighted by Gasteiger charge is -2.13. The highest BCUT2D eigenvalue weighted by Gasteiger charge is 2.16. The summed E-state index contributed by atoms with van der Waals surface area (Å²) in [6.45, 7) is 2.30. The van der Waals surface area contributed by atoms with Gasteiger partial charge in [-0.05, 0) is 73.7 Å². The van der Waals surface area contributed by atoms with E-state index in [-0.39, 0.29) is 23.0 Å². The molecule has 4 aromatic carbocycles. The first kappa shape index (κ1) is 30.5. The molecule has 0 aromatic heterocycles. The molecular weight excluding hydrogens is 621 g/mol. The number of amides is 3. The molecule has 0 saturated carbocycles. The third kappa shape index (κ3) is 8.79. The molecule has 7 nitrogen and oxygen atoms in total. The van der Waals surface area contributed by atoms with Gasteiger partial charge < -0.3 is 20.7 Å². The normalized spacial score (nSPS) is 11.0. The monoisotopic (exact) mass is 647 g/mol. The average molecular weight is 649 g/mol. The first-order chi connectivity index (χ1) is 20.3. The highest BCUT2D eigenvalue weighted by atomic mass is 79.9. The number of thioether (sulfide) groups is 1. The number of ether oxygens (including phenoxy) is 1. The molecule has 0 spiro atoms. The van der Waals surface area contributed by atoms with Crippen LogP contribution in [0.25, 0.3) is 6.08 Å². The minimum Gasteiger partial charge on any atom is -0.493 e. The maximum atomic E-state index is 14.0. The molecule has 0 aliphatic carbocycles. The number of hydrogen-bond acceptors (Lipinski definition) is 5. The number of carbonyl (C=O) groups is 3. The Bertz CT molecular complexity index is 1600. The van der Waals surface area contributed by atoms with Crippen molar-refractivity contribution in [2.45, 2.75) is 11.8 Å². The predicted molar refractivity (Wildman–Crippen MR) is 168 cm³/mol. The van der Waals surface area contributed by atoms with Crippen molar-refractivity contribution in [3.63, 3.8) is 0 Å². The molecule has 3 amide bonds. The van der Waals surface area contributed by atoms with E-state index in [1.165, 1.54) is 23.9 Å². The number of hydrogen-bond donors (Lipinski definition) is 3. The lowest BCUT2D eigenvalue weighted by atomic mass is 10.1. The highest BCUT2D eigenvalue weighted by Crippen LogP contribution is 2.24. The quantitative estimate of drug-likeness (QED) is 0.119. The van der Waals surface area contributed by atoms with Crippen LogP contribution in [-0.2, 0) is 9.59 Å². The SMILES string of the molecule is CCOc1ccccc1/C=C(\NC(=O)c1ccccc1)C(=O)Nc1ccc(SCC(=O)Nc2ccc(Br)cc2F)cc1. The van der Waals surface area contributed by atoms with Crippen molar-refractivity contribution in [1.29, 1.82) is 0 Å². The summed E-state index contributed by atoms with van der Waals surface area (Å²) in [5.41, 5.74) is 1.66. The number of rotatable bonds is 11. The van der Waals surface area contributed by atoms with E-state index in [2.05, 4.69) is 31.9 Å². The summed E-state index contributed by atoms with van der Waals surface area (Å²) in [6, 6.07) is 27.1. The number of carbonyl (C=O) groups excluding carboxylic acids is 3. The Labute approximate surface area is 255 Å². The van der Waals surface area contributed by atoms with Gasteiger partial charge in [0.2, 0.25) is 5.91 Å². The van der Waals surface area contributed by atoms with Crippen LogP contribution >= 0.6 is 27.7 Å². The fraction of sp³-hybridized carbons (Fsp3) is 0.0938. The van der Waals surface area contributed by atoms with E-state index in [0.29, 0.717) is 33.6 Å². The van der Waals surface area contributed by atoms with Gasteiger partial charge in [-0.2, -0.15) is 0 Å². The number of benzene rings is 4. The molecule has 3 N–H and O–H groups in total. The first-order valence-electron chi connectivity index (χ1n) is 12.9. The molecule has 10 heteroatoms. The molecule has 42 heavy (non-hydrogen) atoms. The molecule has 0 heterocycles. The summed E-state index contributed by atoms with van der Waals surface area (Å²) in [4.78, 5) is 39.3. The van der Waals surface area contributed by atoms with Gasteiger partial charge in [0.1, 0.15) is 17.3 Å². The molecular formula is C32H27BrFN3O4S. The van der Waals surface area contributed by atoms with E-state index in [1.807, 2.05) is 19.1 Å². The van der Waals surface area contributed by atoms with Crippen LogP contribution in [0.4, 0.5) is 15.8 Å². The van der Waals surface area contributed by atoms with E-state index >= 15 is 0 Å². The Kier molecular flexibility index (Phi) is 10.9. The van der Waals surface area contributed by atoms with Crippen molar-refractivity contribution in [2.24, 2.45) is 0 Å². The number of para-hydroxylation sites is 1. The molecule has 0 aliphatic rings. The first-order valence-corrected chi connectivity index (χ1v) is 14.7. The van der Waals surface area contributed by atoms with Crippen LogP contribution in [0.3, 0.4) is 0 Å². The van der Waals surface area contributed by atoms with Gasteiger partial charge in [0.05, 0.1) is 18.0 Å². The van der Waals surface area contributed by atoms with E-state index in [0.717, 1.165) is 4.90 Å². The fourth-order valence-electron chi connectivity index (χ4n) is 3.74. The van der Waals surface area contributed by atoms with Crippen LogP contribution in [0.1, 0.15) is 22.8 Å². The Morgan fingerprint density at radius 1 is 0.905 bits per heavy atom. The maximum absolute atomic E-state index is 14.0. The van der Waals surface area contributed by atoms with E-state index in [1.54, 1.807) is 78.9 Å². The van der Waals surface area contributed by atoms with Gasteiger partial charge in [-0.1, -0.05) is 52.3 Å². The van der Waals surface area contributed by atoms with Crippen LogP contribution in [0.15, 0.2) is 112 Å². The zero-order valence-electron chi connectivity index (χ0n) is 22.5. The molecule has 0 unspecified atom stereocenters. The number of halogens is 2. The van der Waals surface area contributed by atoms with Gasteiger partial charge in [-0.25, -0.2) is 4.39 Å². The molecule has 4 rings (SSSR count). The highest BCUT2D eigenvalue weighted by molar-refractivity contribution is 9.10. The summed E-state index contributed by atoms with van der Waals surface area (Å²) in [5.74, 6) is -1.19. The smallest absolute Gasteiger partial charge is 0.272 e. The Hall–Kier alpha value is -4.41. The molecule has 0 radical (unpaired) electrons. The Morgan fingerprint density at radius 3 is 2.33 bits per heavy atom. The van der Waals surface area contributed by atoms with E-state index in [9.17, 15) is 18.8 Å². The van der Waals surface area contributed by atoms with Gasteiger partial charge >= 0.3 is 0 Å². The van der Waals surface area contributed by atoms with Crippen molar-refractivity contribution < 1.29 is 23.5 Å². The maximum Gasteiger partial charge on any atom is 0.272 e. The van der Waals surface area contributed by atoms with Crippen molar-refractivity contribution in [3.05, 3.63) is 124 Å². The van der Waals surface area contributed by atoms with Crippen molar-refractivity contribution in [2.75, 3.05) is 23.0 Å².